The Morgan fingerprint density at radius 3 is 2.93 bits per heavy atom. The van der Waals surface area contributed by atoms with Gasteiger partial charge in [0.25, 0.3) is 0 Å². The second-order valence-electron chi connectivity index (χ2n) is 2.50. The Balaban J connectivity index is 3.00. The fraction of sp³-hybridized carbons (Fsp3) is 0.100. The summed E-state index contributed by atoms with van der Waals surface area (Å²) in [6.07, 6.45) is 3.89. The fourth-order valence-electron chi connectivity index (χ4n) is 0.955. The highest BCUT2D eigenvalue weighted by atomic mass is 35.5. The SMILES string of the molecule is S=C=Nc1ccc(C=CCS)cc1Cl. The Morgan fingerprint density at radius 2 is 2.36 bits per heavy atom. The van der Waals surface area contributed by atoms with Gasteiger partial charge in [0, 0.05) is 5.75 Å². The van der Waals surface area contributed by atoms with Crippen molar-refractivity contribution in [3.63, 3.8) is 0 Å². The highest BCUT2D eigenvalue weighted by Crippen LogP contribution is 2.25. The molecule has 0 unspecified atom stereocenters. The lowest BCUT2D eigenvalue weighted by Crippen LogP contribution is -1.74. The van der Waals surface area contributed by atoms with Gasteiger partial charge in [0.15, 0.2) is 0 Å². The summed E-state index contributed by atoms with van der Waals surface area (Å²) in [4.78, 5) is 3.82. The summed E-state index contributed by atoms with van der Waals surface area (Å²) in [7, 11) is 0. The third-order valence-electron chi connectivity index (χ3n) is 1.55. The molecule has 0 bridgehead atoms. The van der Waals surface area contributed by atoms with Gasteiger partial charge in [-0.2, -0.15) is 17.6 Å². The highest BCUT2D eigenvalue weighted by molar-refractivity contribution is 7.80. The molecule has 0 atom stereocenters. The van der Waals surface area contributed by atoms with Crippen LogP contribution in [0.3, 0.4) is 0 Å². The third kappa shape index (κ3) is 3.28. The maximum atomic E-state index is 5.95. The summed E-state index contributed by atoms with van der Waals surface area (Å²) >= 11 is 14.5. The molecule has 0 aliphatic rings. The molecule has 0 fully saturated rings. The molecule has 0 heterocycles. The van der Waals surface area contributed by atoms with Gasteiger partial charge in [-0.3, -0.25) is 0 Å². The number of hydrogen-bond acceptors (Lipinski definition) is 3. The summed E-state index contributed by atoms with van der Waals surface area (Å²) in [6.45, 7) is 0. The van der Waals surface area contributed by atoms with Crippen LogP contribution < -0.4 is 0 Å². The van der Waals surface area contributed by atoms with Gasteiger partial charge in [0.05, 0.1) is 15.9 Å². The molecule has 0 aromatic heterocycles. The van der Waals surface area contributed by atoms with Crippen LogP contribution in [0.5, 0.6) is 0 Å². The lowest BCUT2D eigenvalue weighted by Gasteiger charge is -1.97. The second kappa shape index (κ2) is 5.99. The molecule has 0 saturated heterocycles. The van der Waals surface area contributed by atoms with E-state index in [2.05, 4.69) is 35.0 Å². The Kier molecular flexibility index (Phi) is 4.91. The molecule has 0 aliphatic carbocycles. The van der Waals surface area contributed by atoms with Crippen molar-refractivity contribution in [2.75, 3.05) is 5.75 Å². The number of halogens is 1. The molecule has 1 aromatic rings. The average molecular weight is 242 g/mol. The second-order valence-corrected chi connectivity index (χ2v) is 3.45. The predicted octanol–water partition coefficient (Wildman–Crippen LogP) is 4.02. The van der Waals surface area contributed by atoms with Gasteiger partial charge in [-0.05, 0) is 29.9 Å². The molecule has 4 heteroatoms. The smallest absolute Gasteiger partial charge is 0.0926 e. The Labute approximate surface area is 98.9 Å². The number of rotatable bonds is 3. The molecule has 0 saturated carbocycles. The summed E-state index contributed by atoms with van der Waals surface area (Å²) in [5, 5.41) is 2.85. The molecule has 0 amide bonds. The fourth-order valence-corrected chi connectivity index (χ4v) is 1.39. The van der Waals surface area contributed by atoms with E-state index < -0.39 is 0 Å². The van der Waals surface area contributed by atoms with E-state index in [1.54, 1.807) is 6.07 Å². The number of aliphatic imine (C=N–C) groups is 1. The molecule has 0 N–H and O–H groups in total. The third-order valence-corrected chi connectivity index (χ3v) is 2.16. The van der Waals surface area contributed by atoms with Crippen molar-refractivity contribution in [1.29, 1.82) is 0 Å². The van der Waals surface area contributed by atoms with E-state index in [0.29, 0.717) is 16.5 Å². The minimum atomic E-state index is 0.573. The largest absolute Gasteiger partial charge is 0.193 e. The summed E-state index contributed by atoms with van der Waals surface area (Å²) in [5.41, 5.74) is 1.66. The van der Waals surface area contributed by atoms with E-state index >= 15 is 0 Å². The first-order chi connectivity index (χ1) is 6.77. The van der Waals surface area contributed by atoms with Crippen LogP contribution in [0, 0.1) is 0 Å². The Morgan fingerprint density at radius 1 is 1.57 bits per heavy atom. The molecular weight excluding hydrogens is 234 g/mol. The van der Waals surface area contributed by atoms with Crippen LogP contribution in [0.15, 0.2) is 29.3 Å². The van der Waals surface area contributed by atoms with Crippen LogP contribution in [0.4, 0.5) is 5.69 Å². The van der Waals surface area contributed by atoms with E-state index in [1.165, 1.54) is 0 Å². The summed E-state index contributed by atoms with van der Waals surface area (Å²) in [5.74, 6) is 0.706. The normalized spacial score (nSPS) is 10.1. The van der Waals surface area contributed by atoms with E-state index in [1.807, 2.05) is 24.3 Å². The predicted molar refractivity (Wildman–Crippen MR) is 69.0 cm³/mol. The summed E-state index contributed by atoms with van der Waals surface area (Å²) in [6, 6.07) is 5.55. The Bertz CT molecular complexity index is 395. The zero-order valence-electron chi connectivity index (χ0n) is 7.27. The molecule has 0 spiro atoms. The van der Waals surface area contributed by atoms with Crippen LogP contribution >= 0.6 is 36.4 Å². The van der Waals surface area contributed by atoms with E-state index in [9.17, 15) is 0 Å². The molecule has 72 valence electrons. The lowest BCUT2D eigenvalue weighted by atomic mass is 10.2. The number of thiocarbonyl (C=S) groups is 1. The van der Waals surface area contributed by atoms with Crippen molar-refractivity contribution in [2.45, 2.75) is 0 Å². The van der Waals surface area contributed by atoms with Crippen LogP contribution in [0.25, 0.3) is 6.08 Å². The molecule has 0 aliphatic heterocycles. The van der Waals surface area contributed by atoms with Crippen molar-refractivity contribution in [1.82, 2.24) is 0 Å². The van der Waals surface area contributed by atoms with Crippen LogP contribution in [0.2, 0.25) is 5.02 Å². The number of benzene rings is 1. The zero-order valence-corrected chi connectivity index (χ0v) is 9.74. The monoisotopic (exact) mass is 241 g/mol. The van der Waals surface area contributed by atoms with Crippen molar-refractivity contribution in [2.24, 2.45) is 4.99 Å². The Hall–Kier alpha value is -0.600. The van der Waals surface area contributed by atoms with Crippen molar-refractivity contribution >= 4 is 53.4 Å². The van der Waals surface area contributed by atoms with Crippen molar-refractivity contribution in [3.8, 4) is 0 Å². The summed E-state index contributed by atoms with van der Waals surface area (Å²) < 4.78 is 0. The molecule has 1 nitrogen and oxygen atoms in total. The van der Waals surface area contributed by atoms with Gasteiger partial charge in [-0.1, -0.05) is 29.8 Å². The molecule has 1 rings (SSSR count). The van der Waals surface area contributed by atoms with Crippen LogP contribution in [-0.4, -0.2) is 10.9 Å². The van der Waals surface area contributed by atoms with Gasteiger partial charge in [-0.15, -0.1) is 0 Å². The van der Waals surface area contributed by atoms with Crippen molar-refractivity contribution < 1.29 is 0 Å². The van der Waals surface area contributed by atoms with E-state index in [4.69, 9.17) is 11.6 Å². The molecule has 0 radical (unpaired) electrons. The maximum absolute atomic E-state index is 5.95. The number of nitrogens with zero attached hydrogens (tertiary/aromatic N) is 1. The van der Waals surface area contributed by atoms with Crippen LogP contribution in [-0.2, 0) is 0 Å². The van der Waals surface area contributed by atoms with Crippen molar-refractivity contribution in [3.05, 3.63) is 34.9 Å². The minimum Gasteiger partial charge on any atom is -0.193 e. The standard InChI is InChI=1S/C10H8ClNS2/c11-9-6-8(2-1-5-13)3-4-10(9)12-7-14/h1-4,6,13H,5H2. The molecule has 1 aromatic carbocycles. The number of isothiocyanates is 1. The first kappa shape index (κ1) is 11.5. The highest BCUT2D eigenvalue weighted by Gasteiger charge is 1.97. The molecule has 14 heavy (non-hydrogen) atoms. The minimum absolute atomic E-state index is 0.573. The quantitative estimate of drug-likeness (QED) is 0.479. The van der Waals surface area contributed by atoms with Gasteiger partial charge in [0.1, 0.15) is 0 Å². The van der Waals surface area contributed by atoms with E-state index in [0.717, 1.165) is 5.56 Å². The zero-order chi connectivity index (χ0) is 10.4. The topological polar surface area (TPSA) is 12.4 Å². The van der Waals surface area contributed by atoms with Gasteiger partial charge in [0.2, 0.25) is 0 Å². The maximum Gasteiger partial charge on any atom is 0.0926 e. The number of hydrogen-bond donors (Lipinski definition) is 1. The first-order valence-corrected chi connectivity index (χ1v) is 5.34. The van der Waals surface area contributed by atoms with Crippen LogP contribution in [0.1, 0.15) is 5.56 Å². The van der Waals surface area contributed by atoms with Gasteiger partial charge in [-0.25, -0.2) is 0 Å². The van der Waals surface area contributed by atoms with E-state index in [-0.39, 0.29) is 0 Å². The molecular formula is C10H8ClNS2. The number of thiol groups is 1. The lowest BCUT2D eigenvalue weighted by molar-refractivity contribution is 1.53. The van der Waals surface area contributed by atoms with Gasteiger partial charge < -0.3 is 0 Å². The van der Waals surface area contributed by atoms with Gasteiger partial charge >= 0.3 is 0 Å². The first-order valence-electron chi connectivity index (χ1n) is 3.92. The average Bonchev–Trinajstić information content (AvgIpc) is 2.19.